The molecule has 4 N–H and O–H groups in total. The SMILES string of the molecule is CCCn1cc(N)cc1C(=O)NC(CO)CC(C)C. The highest BCUT2D eigenvalue weighted by Gasteiger charge is 2.17. The number of hydrogen-bond acceptors (Lipinski definition) is 3. The first-order valence-corrected chi connectivity index (χ1v) is 6.85. The van der Waals surface area contributed by atoms with Crippen LogP contribution < -0.4 is 11.1 Å². The van der Waals surface area contributed by atoms with Gasteiger partial charge in [-0.2, -0.15) is 0 Å². The van der Waals surface area contributed by atoms with Crippen molar-refractivity contribution in [1.29, 1.82) is 0 Å². The van der Waals surface area contributed by atoms with Gasteiger partial charge in [0.1, 0.15) is 5.69 Å². The van der Waals surface area contributed by atoms with Crippen LogP contribution in [-0.4, -0.2) is 28.2 Å². The predicted molar refractivity (Wildman–Crippen MR) is 76.9 cm³/mol. The Morgan fingerprint density at radius 1 is 1.53 bits per heavy atom. The number of carbonyl (C=O) groups is 1. The summed E-state index contributed by atoms with van der Waals surface area (Å²) in [5.41, 5.74) is 6.88. The minimum absolute atomic E-state index is 0.0477. The number of aliphatic hydroxyl groups excluding tert-OH is 1. The number of anilines is 1. The zero-order valence-electron chi connectivity index (χ0n) is 12.0. The van der Waals surface area contributed by atoms with Crippen LogP contribution in [-0.2, 0) is 6.54 Å². The number of nitrogen functional groups attached to an aromatic ring is 1. The second-order valence-electron chi connectivity index (χ2n) is 5.33. The average Bonchev–Trinajstić information content (AvgIpc) is 2.69. The largest absolute Gasteiger partial charge is 0.397 e. The minimum atomic E-state index is -0.210. The van der Waals surface area contributed by atoms with Gasteiger partial charge in [0.25, 0.3) is 5.91 Å². The molecule has 108 valence electrons. The van der Waals surface area contributed by atoms with E-state index in [2.05, 4.69) is 19.2 Å². The van der Waals surface area contributed by atoms with E-state index in [0.717, 1.165) is 19.4 Å². The van der Waals surface area contributed by atoms with Crippen LogP contribution in [0.1, 0.15) is 44.1 Å². The van der Waals surface area contributed by atoms with Crippen molar-refractivity contribution in [2.24, 2.45) is 5.92 Å². The summed E-state index contributed by atoms with van der Waals surface area (Å²) in [5.74, 6) is 0.245. The summed E-state index contributed by atoms with van der Waals surface area (Å²) >= 11 is 0. The summed E-state index contributed by atoms with van der Waals surface area (Å²) in [7, 11) is 0. The van der Waals surface area contributed by atoms with Crippen LogP contribution in [0, 0.1) is 5.92 Å². The third-order valence-corrected chi connectivity index (χ3v) is 2.93. The fraction of sp³-hybridized carbons (Fsp3) is 0.643. The Balaban J connectivity index is 2.76. The lowest BCUT2D eigenvalue weighted by Gasteiger charge is -2.18. The molecule has 0 aliphatic rings. The summed E-state index contributed by atoms with van der Waals surface area (Å²) in [5, 5.41) is 12.2. The number of aliphatic hydroxyl groups is 1. The van der Waals surface area contributed by atoms with Crippen LogP contribution in [0.25, 0.3) is 0 Å². The number of amides is 1. The van der Waals surface area contributed by atoms with E-state index in [1.165, 1.54) is 0 Å². The van der Waals surface area contributed by atoms with Crippen LogP contribution in [0.15, 0.2) is 12.3 Å². The molecule has 1 rings (SSSR count). The smallest absolute Gasteiger partial charge is 0.268 e. The molecule has 1 amide bonds. The highest BCUT2D eigenvalue weighted by atomic mass is 16.3. The lowest BCUT2D eigenvalue weighted by molar-refractivity contribution is 0.0899. The zero-order valence-corrected chi connectivity index (χ0v) is 12.0. The highest BCUT2D eigenvalue weighted by molar-refractivity contribution is 5.94. The van der Waals surface area contributed by atoms with Gasteiger partial charge >= 0.3 is 0 Å². The van der Waals surface area contributed by atoms with Crippen molar-refractivity contribution in [3.05, 3.63) is 18.0 Å². The van der Waals surface area contributed by atoms with Gasteiger partial charge in [-0.15, -0.1) is 0 Å². The molecule has 5 heteroatoms. The number of carbonyl (C=O) groups excluding carboxylic acids is 1. The van der Waals surface area contributed by atoms with Crippen molar-refractivity contribution < 1.29 is 9.90 Å². The molecule has 0 aliphatic carbocycles. The van der Waals surface area contributed by atoms with Crippen molar-refractivity contribution in [3.63, 3.8) is 0 Å². The lowest BCUT2D eigenvalue weighted by atomic mass is 10.0. The molecule has 19 heavy (non-hydrogen) atoms. The number of nitrogens with zero attached hydrogens (tertiary/aromatic N) is 1. The topological polar surface area (TPSA) is 80.3 Å². The Labute approximate surface area is 114 Å². The molecule has 0 bridgehead atoms. The average molecular weight is 267 g/mol. The third kappa shape index (κ3) is 4.59. The highest BCUT2D eigenvalue weighted by Crippen LogP contribution is 2.12. The van der Waals surface area contributed by atoms with Crippen molar-refractivity contribution >= 4 is 11.6 Å². The Hall–Kier alpha value is -1.49. The molecule has 5 nitrogen and oxygen atoms in total. The normalized spacial score (nSPS) is 12.7. The monoisotopic (exact) mass is 267 g/mol. The molecule has 0 aliphatic heterocycles. The van der Waals surface area contributed by atoms with E-state index in [9.17, 15) is 9.90 Å². The second kappa shape index (κ2) is 7.19. The summed E-state index contributed by atoms with van der Waals surface area (Å²) in [4.78, 5) is 12.2. The molecule has 0 aromatic carbocycles. The van der Waals surface area contributed by atoms with Crippen molar-refractivity contribution in [3.8, 4) is 0 Å². The summed E-state index contributed by atoms with van der Waals surface area (Å²) < 4.78 is 1.86. The molecule has 1 heterocycles. The van der Waals surface area contributed by atoms with E-state index >= 15 is 0 Å². The fourth-order valence-electron chi connectivity index (χ4n) is 2.16. The molecule has 1 atom stereocenters. The molecule has 1 unspecified atom stereocenters. The van der Waals surface area contributed by atoms with Gasteiger partial charge in [0.2, 0.25) is 0 Å². The van der Waals surface area contributed by atoms with E-state index in [1.54, 1.807) is 12.3 Å². The quantitative estimate of drug-likeness (QED) is 0.702. The summed E-state index contributed by atoms with van der Waals surface area (Å²) in [6.45, 7) is 6.88. The molecular weight excluding hydrogens is 242 g/mol. The standard InChI is InChI=1S/C14H25N3O2/c1-4-5-17-8-11(15)7-13(17)14(19)16-12(9-18)6-10(2)3/h7-8,10,12,18H,4-6,9,15H2,1-3H3,(H,16,19). The number of nitrogens with one attached hydrogen (secondary N) is 1. The van der Waals surface area contributed by atoms with E-state index in [4.69, 9.17) is 5.73 Å². The van der Waals surface area contributed by atoms with Gasteiger partial charge < -0.3 is 20.7 Å². The van der Waals surface area contributed by atoms with E-state index in [1.807, 2.05) is 11.5 Å². The van der Waals surface area contributed by atoms with Crippen LogP contribution in [0.4, 0.5) is 5.69 Å². The Kier molecular flexibility index (Phi) is 5.89. The van der Waals surface area contributed by atoms with Crippen LogP contribution in [0.3, 0.4) is 0 Å². The molecule has 0 spiro atoms. The maximum atomic E-state index is 12.2. The predicted octanol–water partition coefficient (Wildman–Crippen LogP) is 1.62. The first kappa shape index (κ1) is 15.6. The number of aryl methyl sites for hydroxylation is 1. The van der Waals surface area contributed by atoms with Gasteiger partial charge in [-0.1, -0.05) is 20.8 Å². The minimum Gasteiger partial charge on any atom is -0.397 e. The van der Waals surface area contributed by atoms with Crippen LogP contribution in [0.5, 0.6) is 0 Å². The van der Waals surface area contributed by atoms with E-state index < -0.39 is 0 Å². The number of aromatic nitrogens is 1. The van der Waals surface area contributed by atoms with Crippen molar-refractivity contribution in [2.45, 2.75) is 46.2 Å². The van der Waals surface area contributed by atoms with Gasteiger partial charge in [-0.25, -0.2) is 0 Å². The molecule has 1 aromatic heterocycles. The van der Waals surface area contributed by atoms with Gasteiger partial charge in [-0.3, -0.25) is 4.79 Å². The van der Waals surface area contributed by atoms with Gasteiger partial charge in [0.15, 0.2) is 0 Å². The van der Waals surface area contributed by atoms with Crippen LogP contribution >= 0.6 is 0 Å². The number of rotatable bonds is 7. The zero-order chi connectivity index (χ0) is 14.4. The van der Waals surface area contributed by atoms with E-state index in [0.29, 0.717) is 17.3 Å². The molecule has 0 saturated heterocycles. The molecule has 0 fully saturated rings. The second-order valence-corrected chi connectivity index (χ2v) is 5.33. The van der Waals surface area contributed by atoms with Gasteiger partial charge in [0.05, 0.1) is 18.3 Å². The Bertz CT molecular complexity index is 413. The Morgan fingerprint density at radius 3 is 2.74 bits per heavy atom. The summed E-state index contributed by atoms with van der Waals surface area (Å²) in [6, 6.07) is 1.47. The third-order valence-electron chi connectivity index (χ3n) is 2.93. The molecule has 0 radical (unpaired) electrons. The molecule has 1 aromatic rings. The molecule has 0 saturated carbocycles. The maximum Gasteiger partial charge on any atom is 0.268 e. The van der Waals surface area contributed by atoms with E-state index in [-0.39, 0.29) is 18.6 Å². The van der Waals surface area contributed by atoms with Crippen molar-refractivity contribution in [2.75, 3.05) is 12.3 Å². The van der Waals surface area contributed by atoms with Crippen molar-refractivity contribution in [1.82, 2.24) is 9.88 Å². The summed E-state index contributed by atoms with van der Waals surface area (Å²) in [6.07, 6.45) is 3.46. The van der Waals surface area contributed by atoms with Gasteiger partial charge in [0, 0.05) is 12.7 Å². The maximum absolute atomic E-state index is 12.2. The molecular formula is C14H25N3O2. The number of hydrogen-bond donors (Lipinski definition) is 3. The fourth-order valence-corrected chi connectivity index (χ4v) is 2.16. The first-order valence-electron chi connectivity index (χ1n) is 6.85. The Morgan fingerprint density at radius 2 is 2.21 bits per heavy atom. The van der Waals surface area contributed by atoms with Gasteiger partial charge in [-0.05, 0) is 24.8 Å². The van der Waals surface area contributed by atoms with Crippen LogP contribution in [0.2, 0.25) is 0 Å². The lowest BCUT2D eigenvalue weighted by Crippen LogP contribution is -2.39. The number of nitrogens with two attached hydrogens (primary N) is 1. The first-order chi connectivity index (χ1) is 8.97.